The van der Waals surface area contributed by atoms with Crippen LogP contribution in [0.4, 0.5) is 5.13 Å². The summed E-state index contributed by atoms with van der Waals surface area (Å²) in [5, 5.41) is 15.0. The van der Waals surface area contributed by atoms with Crippen LogP contribution in [0.3, 0.4) is 0 Å². The first kappa shape index (κ1) is 22.2. The largest absolute Gasteiger partial charge is 0.404 e. The van der Waals surface area contributed by atoms with Crippen molar-refractivity contribution >= 4 is 28.6 Å². The van der Waals surface area contributed by atoms with Crippen molar-refractivity contribution in [2.75, 3.05) is 19.4 Å². The molecule has 1 amide bonds. The highest BCUT2D eigenvalue weighted by molar-refractivity contribution is 7.15. The van der Waals surface area contributed by atoms with E-state index in [1.807, 2.05) is 0 Å². The molecule has 0 atom stereocenters. The van der Waals surface area contributed by atoms with Crippen molar-refractivity contribution in [2.45, 2.75) is 32.1 Å². The molecule has 0 aliphatic rings. The molecule has 0 aliphatic heterocycles. The smallest absolute Gasteiger partial charge is 0.230 e. The van der Waals surface area contributed by atoms with Crippen LogP contribution in [0.2, 0.25) is 0 Å². The highest BCUT2D eigenvalue weighted by Crippen LogP contribution is 2.18. The predicted molar refractivity (Wildman–Crippen MR) is 111 cm³/mol. The molecule has 0 unspecified atom stereocenters. The fourth-order valence-electron chi connectivity index (χ4n) is 2.04. The van der Waals surface area contributed by atoms with Gasteiger partial charge in [-0.2, -0.15) is 0 Å². The van der Waals surface area contributed by atoms with E-state index < -0.39 is 0 Å². The number of aromatic nitrogens is 2. The maximum absolute atomic E-state index is 12.0. The number of hydrogen-bond acceptors (Lipinski definition) is 9. The van der Waals surface area contributed by atoms with Crippen molar-refractivity contribution in [3.63, 3.8) is 0 Å². The molecule has 0 saturated carbocycles. The number of amides is 1. The van der Waals surface area contributed by atoms with Crippen LogP contribution in [0.15, 0.2) is 40.4 Å². The van der Waals surface area contributed by atoms with E-state index in [0.717, 1.165) is 36.4 Å². The minimum absolute atomic E-state index is 0.140. The molecular formula is C17H28N8OS. The second-order valence-corrected chi connectivity index (χ2v) is 6.74. The van der Waals surface area contributed by atoms with E-state index in [0.29, 0.717) is 16.5 Å². The van der Waals surface area contributed by atoms with Gasteiger partial charge in [0.15, 0.2) is 0 Å². The van der Waals surface area contributed by atoms with Crippen LogP contribution in [-0.4, -0.2) is 36.4 Å². The van der Waals surface area contributed by atoms with Crippen molar-refractivity contribution < 1.29 is 4.79 Å². The SMILES string of the molecule is CN=CC(=CN)CC(=O)Nc1nnc(CCCC/C(N)=C/C=C(\N)NC)s1. The average Bonchev–Trinajstić information content (AvgIpc) is 3.09. The summed E-state index contributed by atoms with van der Waals surface area (Å²) < 4.78 is 0. The highest BCUT2D eigenvalue weighted by Gasteiger charge is 2.09. The number of anilines is 1. The quantitative estimate of drug-likeness (QED) is 0.213. The summed E-state index contributed by atoms with van der Waals surface area (Å²) in [6.07, 6.45) is 10.0. The van der Waals surface area contributed by atoms with Crippen LogP contribution >= 0.6 is 11.3 Å². The third-order valence-corrected chi connectivity index (χ3v) is 4.36. The van der Waals surface area contributed by atoms with Gasteiger partial charge in [0.05, 0.1) is 12.2 Å². The van der Waals surface area contributed by atoms with E-state index in [9.17, 15) is 4.79 Å². The molecule has 1 aromatic rings. The Morgan fingerprint density at radius 3 is 2.70 bits per heavy atom. The van der Waals surface area contributed by atoms with Crippen molar-refractivity contribution in [3.05, 3.63) is 40.5 Å². The van der Waals surface area contributed by atoms with Gasteiger partial charge in [0.25, 0.3) is 0 Å². The van der Waals surface area contributed by atoms with Crippen LogP contribution in [0.1, 0.15) is 30.7 Å². The number of nitrogens with two attached hydrogens (primary N) is 3. The summed E-state index contributed by atoms with van der Waals surface area (Å²) in [5.74, 6) is 0.360. The molecule has 0 spiro atoms. The molecule has 1 aromatic heterocycles. The lowest BCUT2D eigenvalue weighted by atomic mass is 10.1. The third kappa shape index (κ3) is 9.40. The number of unbranched alkanes of at least 4 members (excludes halogenated alkanes) is 1. The lowest BCUT2D eigenvalue weighted by Gasteiger charge is -2.01. The van der Waals surface area contributed by atoms with E-state index >= 15 is 0 Å². The van der Waals surface area contributed by atoms with Gasteiger partial charge in [-0.3, -0.25) is 9.79 Å². The van der Waals surface area contributed by atoms with Gasteiger partial charge in [-0.25, -0.2) is 0 Å². The summed E-state index contributed by atoms with van der Waals surface area (Å²) in [6.45, 7) is 0. The van der Waals surface area contributed by atoms with E-state index in [-0.39, 0.29) is 12.3 Å². The Kier molecular flexibility index (Phi) is 10.2. The first-order valence-corrected chi connectivity index (χ1v) is 9.34. The standard InChI is InChI=1S/C17H28N8OS/c1-21-11-12(10-18)9-15(26)23-17-25-24-16(27-17)6-4-3-5-13(19)7-8-14(20)22-2/h7-8,10-11,22H,3-6,9,18-20H2,1-2H3,(H,23,25,26)/b12-10?,13-7-,14-8+,21-11?. The number of nitrogens with one attached hydrogen (secondary N) is 2. The normalized spacial score (nSPS) is 13.2. The zero-order valence-electron chi connectivity index (χ0n) is 15.7. The predicted octanol–water partition coefficient (Wildman–Crippen LogP) is 0.985. The van der Waals surface area contributed by atoms with E-state index in [2.05, 4.69) is 25.8 Å². The molecule has 10 heteroatoms. The Hall–Kier alpha value is -2.88. The summed E-state index contributed by atoms with van der Waals surface area (Å²) >= 11 is 1.37. The van der Waals surface area contributed by atoms with Crippen molar-refractivity contribution in [3.8, 4) is 0 Å². The summed E-state index contributed by atoms with van der Waals surface area (Å²) in [5.41, 5.74) is 18.4. The Bertz CT molecular complexity index is 720. The molecule has 0 aliphatic carbocycles. The van der Waals surface area contributed by atoms with Crippen molar-refractivity contribution in [2.24, 2.45) is 22.2 Å². The molecule has 1 rings (SSSR count). The number of carbonyl (C=O) groups is 1. The van der Waals surface area contributed by atoms with Crippen LogP contribution in [0, 0.1) is 0 Å². The number of aliphatic imine (C=N–C) groups is 1. The monoisotopic (exact) mass is 392 g/mol. The van der Waals surface area contributed by atoms with Gasteiger partial charge in [0.2, 0.25) is 11.0 Å². The first-order valence-electron chi connectivity index (χ1n) is 8.53. The molecule has 0 radical (unpaired) electrons. The molecule has 9 nitrogen and oxygen atoms in total. The molecular weight excluding hydrogens is 364 g/mol. The zero-order valence-corrected chi connectivity index (χ0v) is 16.6. The fraction of sp³-hybridized carbons (Fsp3) is 0.412. The maximum Gasteiger partial charge on any atom is 0.230 e. The topological polar surface area (TPSA) is 157 Å². The minimum Gasteiger partial charge on any atom is -0.404 e. The number of aryl methyl sites for hydroxylation is 1. The van der Waals surface area contributed by atoms with Gasteiger partial charge < -0.3 is 27.8 Å². The minimum atomic E-state index is -0.207. The van der Waals surface area contributed by atoms with Gasteiger partial charge in [0, 0.05) is 32.4 Å². The first-order chi connectivity index (χ1) is 13.0. The molecule has 0 saturated heterocycles. The highest BCUT2D eigenvalue weighted by atomic mass is 32.1. The number of allylic oxidation sites excluding steroid dienone is 3. The van der Waals surface area contributed by atoms with Crippen LogP contribution in [0.25, 0.3) is 0 Å². The lowest BCUT2D eigenvalue weighted by Crippen LogP contribution is -2.14. The molecule has 8 N–H and O–H groups in total. The second-order valence-electron chi connectivity index (χ2n) is 5.68. The number of rotatable bonds is 11. The Morgan fingerprint density at radius 1 is 1.26 bits per heavy atom. The molecule has 0 bridgehead atoms. The number of hydrogen-bond donors (Lipinski definition) is 5. The Labute approximate surface area is 163 Å². The fourth-order valence-corrected chi connectivity index (χ4v) is 2.83. The van der Waals surface area contributed by atoms with Crippen LogP contribution < -0.4 is 27.8 Å². The second kappa shape index (κ2) is 12.5. The van der Waals surface area contributed by atoms with Crippen molar-refractivity contribution in [1.29, 1.82) is 0 Å². The van der Waals surface area contributed by atoms with E-state index in [1.165, 1.54) is 17.5 Å². The van der Waals surface area contributed by atoms with Crippen molar-refractivity contribution in [1.82, 2.24) is 15.5 Å². The van der Waals surface area contributed by atoms with Crippen LogP contribution in [-0.2, 0) is 11.2 Å². The van der Waals surface area contributed by atoms with E-state index in [1.54, 1.807) is 32.5 Å². The zero-order chi connectivity index (χ0) is 20.1. The summed E-state index contributed by atoms with van der Waals surface area (Å²) in [7, 11) is 3.37. The number of nitrogens with zero attached hydrogens (tertiary/aromatic N) is 3. The van der Waals surface area contributed by atoms with Gasteiger partial charge in [-0.15, -0.1) is 10.2 Å². The molecule has 148 valence electrons. The molecule has 27 heavy (non-hydrogen) atoms. The average molecular weight is 393 g/mol. The lowest BCUT2D eigenvalue weighted by molar-refractivity contribution is -0.115. The Morgan fingerprint density at radius 2 is 2.04 bits per heavy atom. The summed E-state index contributed by atoms with van der Waals surface area (Å²) in [6, 6.07) is 0. The van der Waals surface area contributed by atoms with Gasteiger partial charge in [-0.1, -0.05) is 11.3 Å². The molecule has 1 heterocycles. The maximum atomic E-state index is 12.0. The van der Waals surface area contributed by atoms with Gasteiger partial charge >= 0.3 is 0 Å². The van der Waals surface area contributed by atoms with E-state index in [4.69, 9.17) is 17.2 Å². The molecule has 0 fully saturated rings. The summed E-state index contributed by atoms with van der Waals surface area (Å²) in [4.78, 5) is 15.8. The molecule has 0 aromatic carbocycles. The van der Waals surface area contributed by atoms with Gasteiger partial charge in [0.1, 0.15) is 5.01 Å². The van der Waals surface area contributed by atoms with Gasteiger partial charge in [-0.05, 0) is 43.2 Å². The number of carbonyl (C=O) groups excluding carboxylic acids is 1. The van der Waals surface area contributed by atoms with Crippen LogP contribution in [0.5, 0.6) is 0 Å². The third-order valence-electron chi connectivity index (χ3n) is 3.46. The Balaban J connectivity index is 2.37.